The molecular weight excluding hydrogens is 306 g/mol. The maximum absolute atomic E-state index is 11.8. The summed E-state index contributed by atoms with van der Waals surface area (Å²) in [4.78, 5) is 16.0. The van der Waals surface area contributed by atoms with Crippen molar-refractivity contribution in [3.8, 4) is 0 Å². The predicted molar refractivity (Wildman–Crippen MR) is 79.9 cm³/mol. The Labute approximate surface area is 128 Å². The van der Waals surface area contributed by atoms with Crippen LogP contribution in [0.1, 0.15) is 34.8 Å². The molecule has 1 aliphatic rings. The second-order valence-corrected chi connectivity index (χ2v) is 7.43. The molecule has 22 heavy (non-hydrogen) atoms. The van der Waals surface area contributed by atoms with E-state index in [1.54, 1.807) is 23.0 Å². The van der Waals surface area contributed by atoms with Crippen molar-refractivity contribution in [3.05, 3.63) is 29.7 Å². The predicted octanol–water partition coefficient (Wildman–Crippen LogP) is -0.0328. The normalized spacial score (nSPS) is 17.9. The number of hydrogen-bond donors (Lipinski definition) is 1. The topological polar surface area (TPSA) is 111 Å². The fourth-order valence-electron chi connectivity index (χ4n) is 2.89. The van der Waals surface area contributed by atoms with Gasteiger partial charge in [0.2, 0.25) is 10.0 Å². The van der Waals surface area contributed by atoms with Crippen LogP contribution in [0.15, 0.2) is 18.5 Å². The number of rotatable bonds is 3. The Bertz CT molecular complexity index is 821. The van der Waals surface area contributed by atoms with Crippen molar-refractivity contribution in [1.82, 2.24) is 18.9 Å². The van der Waals surface area contributed by atoms with E-state index in [1.807, 2.05) is 0 Å². The summed E-state index contributed by atoms with van der Waals surface area (Å²) in [5.74, 6) is -0.559. The second-order valence-electron chi connectivity index (χ2n) is 5.45. The number of piperidine rings is 1. The molecule has 3 rings (SSSR count). The van der Waals surface area contributed by atoms with E-state index in [9.17, 15) is 13.2 Å². The van der Waals surface area contributed by atoms with Gasteiger partial charge < -0.3 is 5.73 Å². The smallest absolute Gasteiger partial charge is 0.254 e. The number of carbonyl (C=O) groups excluding carboxylic acids is 1. The zero-order valence-corrected chi connectivity index (χ0v) is 13.0. The highest BCUT2D eigenvalue weighted by Crippen LogP contribution is 2.31. The van der Waals surface area contributed by atoms with Gasteiger partial charge in [0.1, 0.15) is 5.56 Å². The van der Waals surface area contributed by atoms with Gasteiger partial charge in [0.05, 0.1) is 11.9 Å². The number of amides is 1. The third-order valence-electron chi connectivity index (χ3n) is 3.98. The molecule has 0 aliphatic carbocycles. The molecule has 2 aromatic rings. The molecule has 1 aliphatic heterocycles. The van der Waals surface area contributed by atoms with Crippen LogP contribution in [0.25, 0.3) is 5.65 Å². The van der Waals surface area contributed by atoms with Crippen LogP contribution < -0.4 is 5.73 Å². The fourth-order valence-corrected chi connectivity index (χ4v) is 3.76. The van der Waals surface area contributed by atoms with E-state index < -0.39 is 15.9 Å². The number of carbonyl (C=O) groups is 1. The third-order valence-corrected chi connectivity index (χ3v) is 5.28. The Kier molecular flexibility index (Phi) is 3.61. The highest BCUT2D eigenvalue weighted by molar-refractivity contribution is 7.88. The summed E-state index contributed by atoms with van der Waals surface area (Å²) in [6.45, 7) is 0.839. The minimum Gasteiger partial charge on any atom is -0.365 e. The summed E-state index contributed by atoms with van der Waals surface area (Å²) in [5.41, 5.74) is 6.87. The molecule has 2 aromatic heterocycles. The van der Waals surface area contributed by atoms with E-state index in [0.717, 1.165) is 0 Å². The lowest BCUT2D eigenvalue weighted by Crippen LogP contribution is -2.37. The average Bonchev–Trinajstić information content (AvgIpc) is 2.86. The van der Waals surface area contributed by atoms with Crippen molar-refractivity contribution < 1.29 is 13.2 Å². The standard InChI is InChI=1S/C13H17N5O3S/c1-22(20,21)17-7-3-9(4-8-17)11-10(12(14)19)13-15-5-2-6-18(13)16-11/h2,5-6,9H,3-4,7-8H2,1H3,(H2,14,19). The Hall–Kier alpha value is -2.00. The van der Waals surface area contributed by atoms with Gasteiger partial charge >= 0.3 is 0 Å². The van der Waals surface area contributed by atoms with Crippen molar-refractivity contribution >= 4 is 21.6 Å². The van der Waals surface area contributed by atoms with Crippen LogP contribution in [-0.2, 0) is 10.0 Å². The maximum atomic E-state index is 11.8. The molecule has 0 spiro atoms. The van der Waals surface area contributed by atoms with Crippen molar-refractivity contribution in [2.24, 2.45) is 5.73 Å². The van der Waals surface area contributed by atoms with Gasteiger partial charge in [-0.15, -0.1) is 0 Å². The summed E-state index contributed by atoms with van der Waals surface area (Å²) in [6, 6.07) is 1.72. The molecule has 1 saturated heterocycles. The van der Waals surface area contributed by atoms with Crippen LogP contribution in [0.2, 0.25) is 0 Å². The van der Waals surface area contributed by atoms with Gasteiger partial charge in [-0.1, -0.05) is 0 Å². The van der Waals surface area contributed by atoms with Gasteiger partial charge in [-0.2, -0.15) is 5.10 Å². The van der Waals surface area contributed by atoms with Crippen LogP contribution in [0.5, 0.6) is 0 Å². The Morgan fingerprint density at radius 2 is 2.05 bits per heavy atom. The van der Waals surface area contributed by atoms with Gasteiger partial charge in [-0.3, -0.25) is 4.79 Å². The third kappa shape index (κ3) is 2.57. The quantitative estimate of drug-likeness (QED) is 0.852. The lowest BCUT2D eigenvalue weighted by atomic mass is 9.92. The Balaban J connectivity index is 1.95. The van der Waals surface area contributed by atoms with Crippen LogP contribution in [0, 0.1) is 0 Å². The highest BCUT2D eigenvalue weighted by Gasteiger charge is 2.31. The molecule has 118 valence electrons. The molecule has 3 heterocycles. The SMILES string of the molecule is CS(=O)(=O)N1CCC(c2nn3cccnc3c2C(N)=O)CC1. The van der Waals surface area contributed by atoms with Gasteiger partial charge in [0, 0.05) is 31.4 Å². The summed E-state index contributed by atoms with van der Waals surface area (Å²) < 4.78 is 26.1. The summed E-state index contributed by atoms with van der Waals surface area (Å²) in [5, 5.41) is 4.43. The lowest BCUT2D eigenvalue weighted by molar-refractivity contribution is 0.0999. The van der Waals surface area contributed by atoms with Crippen molar-refractivity contribution in [1.29, 1.82) is 0 Å². The first-order chi connectivity index (χ1) is 10.4. The molecule has 8 nitrogen and oxygen atoms in total. The number of nitrogens with two attached hydrogens (primary N) is 1. The highest BCUT2D eigenvalue weighted by atomic mass is 32.2. The molecule has 0 unspecified atom stereocenters. The van der Waals surface area contributed by atoms with Crippen molar-refractivity contribution in [2.45, 2.75) is 18.8 Å². The van der Waals surface area contributed by atoms with Crippen LogP contribution in [0.4, 0.5) is 0 Å². The van der Waals surface area contributed by atoms with Crippen LogP contribution in [0.3, 0.4) is 0 Å². The number of hydrogen-bond acceptors (Lipinski definition) is 5. The van der Waals surface area contributed by atoms with Gasteiger partial charge in [-0.05, 0) is 18.9 Å². The number of fused-ring (bicyclic) bond motifs is 1. The summed E-state index contributed by atoms with van der Waals surface area (Å²) in [6.07, 6.45) is 5.72. The molecular formula is C13H17N5O3S. The summed E-state index contributed by atoms with van der Waals surface area (Å²) in [7, 11) is -3.18. The first kappa shape index (κ1) is 14.9. The zero-order valence-electron chi connectivity index (χ0n) is 12.1. The monoisotopic (exact) mass is 323 g/mol. The molecule has 0 bridgehead atoms. The molecule has 0 radical (unpaired) electrons. The molecule has 0 saturated carbocycles. The minimum absolute atomic E-state index is 0.00204. The lowest BCUT2D eigenvalue weighted by Gasteiger charge is -2.29. The first-order valence-electron chi connectivity index (χ1n) is 6.96. The van der Waals surface area contributed by atoms with E-state index in [4.69, 9.17) is 5.73 Å². The average molecular weight is 323 g/mol. The number of aromatic nitrogens is 3. The zero-order chi connectivity index (χ0) is 15.9. The Morgan fingerprint density at radius 1 is 1.36 bits per heavy atom. The first-order valence-corrected chi connectivity index (χ1v) is 8.81. The molecule has 1 amide bonds. The van der Waals surface area contributed by atoms with Crippen LogP contribution >= 0.6 is 0 Å². The molecule has 2 N–H and O–H groups in total. The molecule has 1 fully saturated rings. The van der Waals surface area contributed by atoms with Crippen molar-refractivity contribution in [2.75, 3.05) is 19.3 Å². The number of sulfonamides is 1. The van der Waals surface area contributed by atoms with Gasteiger partial charge in [-0.25, -0.2) is 22.2 Å². The fraction of sp³-hybridized carbons (Fsp3) is 0.462. The van der Waals surface area contributed by atoms with E-state index in [1.165, 1.54) is 10.6 Å². The molecule has 9 heteroatoms. The number of primary amides is 1. The Morgan fingerprint density at radius 3 is 2.64 bits per heavy atom. The van der Waals surface area contributed by atoms with E-state index in [0.29, 0.717) is 42.8 Å². The largest absolute Gasteiger partial charge is 0.365 e. The second kappa shape index (κ2) is 5.33. The van der Waals surface area contributed by atoms with E-state index >= 15 is 0 Å². The van der Waals surface area contributed by atoms with Gasteiger partial charge in [0.25, 0.3) is 5.91 Å². The van der Waals surface area contributed by atoms with Crippen LogP contribution in [-0.4, -0.2) is 52.6 Å². The van der Waals surface area contributed by atoms with Gasteiger partial charge in [0.15, 0.2) is 5.65 Å². The molecule has 0 aromatic carbocycles. The number of nitrogens with zero attached hydrogens (tertiary/aromatic N) is 4. The van der Waals surface area contributed by atoms with E-state index in [2.05, 4.69) is 10.1 Å². The summed E-state index contributed by atoms with van der Waals surface area (Å²) >= 11 is 0. The van der Waals surface area contributed by atoms with E-state index in [-0.39, 0.29) is 5.92 Å². The minimum atomic E-state index is -3.18. The van der Waals surface area contributed by atoms with Crippen molar-refractivity contribution in [3.63, 3.8) is 0 Å². The molecule has 0 atom stereocenters. The maximum Gasteiger partial charge on any atom is 0.254 e.